The standard InChI is InChI=1S/C13H24O2/c1-6-10-11-13(5,7-2)12(14-8-3)15-9-4/h8-9,12H,3-4,6-7,10-11H2,1-2,5H3. The van der Waals surface area contributed by atoms with E-state index in [9.17, 15) is 0 Å². The highest BCUT2D eigenvalue weighted by molar-refractivity contribution is 4.79. The van der Waals surface area contributed by atoms with E-state index < -0.39 is 0 Å². The van der Waals surface area contributed by atoms with Crippen LogP contribution < -0.4 is 0 Å². The minimum atomic E-state index is -0.274. The zero-order valence-electron chi connectivity index (χ0n) is 10.3. The molecule has 0 bridgehead atoms. The largest absolute Gasteiger partial charge is 0.463 e. The molecule has 1 atom stereocenters. The third kappa shape index (κ3) is 4.41. The highest BCUT2D eigenvalue weighted by atomic mass is 16.7. The van der Waals surface area contributed by atoms with Gasteiger partial charge in [0.25, 0.3) is 0 Å². The summed E-state index contributed by atoms with van der Waals surface area (Å²) in [5.41, 5.74) is 0.0262. The lowest BCUT2D eigenvalue weighted by Crippen LogP contribution is -2.34. The van der Waals surface area contributed by atoms with E-state index in [2.05, 4.69) is 33.9 Å². The number of hydrogen-bond donors (Lipinski definition) is 0. The van der Waals surface area contributed by atoms with Crippen LogP contribution in [0.1, 0.15) is 46.5 Å². The van der Waals surface area contributed by atoms with E-state index in [4.69, 9.17) is 9.47 Å². The van der Waals surface area contributed by atoms with E-state index in [1.807, 2.05) is 0 Å². The second kappa shape index (κ2) is 7.38. The summed E-state index contributed by atoms with van der Waals surface area (Å²) in [5.74, 6) is 0. The van der Waals surface area contributed by atoms with Gasteiger partial charge >= 0.3 is 0 Å². The highest BCUT2D eigenvalue weighted by Crippen LogP contribution is 2.34. The molecule has 0 rings (SSSR count). The molecule has 2 nitrogen and oxygen atoms in total. The fourth-order valence-corrected chi connectivity index (χ4v) is 1.58. The number of rotatable bonds is 9. The summed E-state index contributed by atoms with van der Waals surface area (Å²) in [6, 6.07) is 0. The van der Waals surface area contributed by atoms with Crippen molar-refractivity contribution in [3.63, 3.8) is 0 Å². The van der Waals surface area contributed by atoms with Crippen molar-refractivity contribution in [3.8, 4) is 0 Å². The van der Waals surface area contributed by atoms with E-state index in [0.717, 1.165) is 12.8 Å². The average Bonchev–Trinajstić information content (AvgIpc) is 2.25. The Labute approximate surface area is 94.0 Å². The molecule has 0 heterocycles. The molecular formula is C13H24O2. The van der Waals surface area contributed by atoms with Gasteiger partial charge in [-0.2, -0.15) is 0 Å². The van der Waals surface area contributed by atoms with Gasteiger partial charge in [-0.05, 0) is 12.8 Å². The van der Waals surface area contributed by atoms with Crippen LogP contribution >= 0.6 is 0 Å². The minimum absolute atomic E-state index is 0.0262. The van der Waals surface area contributed by atoms with Crippen LogP contribution in [-0.2, 0) is 9.47 Å². The number of hydrogen-bond acceptors (Lipinski definition) is 2. The number of unbranched alkanes of at least 4 members (excludes halogenated alkanes) is 1. The molecule has 0 spiro atoms. The van der Waals surface area contributed by atoms with Crippen LogP contribution in [-0.4, -0.2) is 6.29 Å². The zero-order chi connectivity index (χ0) is 11.7. The van der Waals surface area contributed by atoms with Crippen molar-refractivity contribution in [1.29, 1.82) is 0 Å². The molecule has 0 N–H and O–H groups in total. The van der Waals surface area contributed by atoms with Crippen molar-refractivity contribution >= 4 is 0 Å². The fraction of sp³-hybridized carbons (Fsp3) is 0.692. The predicted octanol–water partition coefficient (Wildman–Crippen LogP) is 4.24. The second-order valence-electron chi connectivity index (χ2n) is 4.05. The van der Waals surface area contributed by atoms with Gasteiger partial charge in [-0.25, -0.2) is 0 Å². The molecule has 0 aliphatic carbocycles. The Kier molecular flexibility index (Phi) is 6.93. The highest BCUT2D eigenvalue weighted by Gasteiger charge is 2.34. The van der Waals surface area contributed by atoms with Crippen molar-refractivity contribution in [1.82, 2.24) is 0 Å². The lowest BCUT2D eigenvalue weighted by molar-refractivity contribution is -0.145. The van der Waals surface area contributed by atoms with Crippen molar-refractivity contribution in [2.24, 2.45) is 5.41 Å². The molecule has 2 heteroatoms. The Balaban J connectivity index is 4.50. The molecule has 0 aromatic carbocycles. The molecule has 0 saturated carbocycles. The quantitative estimate of drug-likeness (QED) is 0.420. The van der Waals surface area contributed by atoms with Crippen molar-refractivity contribution < 1.29 is 9.47 Å². The zero-order valence-corrected chi connectivity index (χ0v) is 10.3. The van der Waals surface area contributed by atoms with Crippen molar-refractivity contribution in [2.45, 2.75) is 52.7 Å². The van der Waals surface area contributed by atoms with Crippen molar-refractivity contribution in [2.75, 3.05) is 0 Å². The van der Waals surface area contributed by atoms with Gasteiger partial charge in [0.1, 0.15) is 0 Å². The average molecular weight is 212 g/mol. The maximum absolute atomic E-state index is 5.41. The van der Waals surface area contributed by atoms with Gasteiger partial charge in [-0.15, -0.1) is 0 Å². The maximum Gasteiger partial charge on any atom is 0.244 e. The molecule has 0 aliphatic rings. The van der Waals surface area contributed by atoms with Gasteiger partial charge < -0.3 is 9.47 Å². The van der Waals surface area contributed by atoms with Crippen LogP contribution in [0.3, 0.4) is 0 Å². The smallest absolute Gasteiger partial charge is 0.244 e. The summed E-state index contributed by atoms with van der Waals surface area (Å²) in [4.78, 5) is 0. The molecule has 0 aliphatic heterocycles. The van der Waals surface area contributed by atoms with Crippen LogP contribution in [0.5, 0.6) is 0 Å². The van der Waals surface area contributed by atoms with Gasteiger partial charge in [0.2, 0.25) is 6.29 Å². The lowest BCUT2D eigenvalue weighted by Gasteiger charge is -2.34. The fourth-order valence-electron chi connectivity index (χ4n) is 1.58. The topological polar surface area (TPSA) is 18.5 Å². The van der Waals surface area contributed by atoms with E-state index in [-0.39, 0.29) is 11.7 Å². The summed E-state index contributed by atoms with van der Waals surface area (Å²) < 4.78 is 10.8. The first-order chi connectivity index (χ1) is 7.14. The predicted molar refractivity (Wildman–Crippen MR) is 64.3 cm³/mol. The second-order valence-corrected chi connectivity index (χ2v) is 4.05. The molecule has 1 unspecified atom stereocenters. The third-order valence-electron chi connectivity index (χ3n) is 2.92. The van der Waals surface area contributed by atoms with Gasteiger partial charge in [-0.1, -0.05) is 46.8 Å². The van der Waals surface area contributed by atoms with Gasteiger partial charge in [0.05, 0.1) is 12.5 Å². The Bertz CT molecular complexity index is 179. The molecule has 88 valence electrons. The Hall–Kier alpha value is -0.920. The van der Waals surface area contributed by atoms with E-state index >= 15 is 0 Å². The first kappa shape index (κ1) is 14.1. The molecule has 15 heavy (non-hydrogen) atoms. The molecule has 0 fully saturated rings. The minimum Gasteiger partial charge on any atom is -0.463 e. The maximum atomic E-state index is 5.41. The van der Waals surface area contributed by atoms with Crippen molar-refractivity contribution in [3.05, 3.63) is 25.7 Å². The monoisotopic (exact) mass is 212 g/mol. The van der Waals surface area contributed by atoms with Crippen LogP contribution in [0, 0.1) is 5.41 Å². The summed E-state index contributed by atoms with van der Waals surface area (Å²) in [6.45, 7) is 13.7. The first-order valence-corrected chi connectivity index (χ1v) is 5.67. The first-order valence-electron chi connectivity index (χ1n) is 5.67. The molecule has 0 saturated heterocycles. The summed E-state index contributed by atoms with van der Waals surface area (Å²) in [5, 5.41) is 0. The van der Waals surface area contributed by atoms with Crippen LogP contribution in [0.15, 0.2) is 25.7 Å². The molecule has 0 radical (unpaired) electrons. The van der Waals surface area contributed by atoms with Crippen LogP contribution in [0.25, 0.3) is 0 Å². The van der Waals surface area contributed by atoms with Gasteiger partial charge in [-0.3, -0.25) is 0 Å². The lowest BCUT2D eigenvalue weighted by atomic mass is 9.81. The third-order valence-corrected chi connectivity index (χ3v) is 2.92. The summed E-state index contributed by atoms with van der Waals surface area (Å²) in [7, 11) is 0. The number of ether oxygens (including phenoxy) is 2. The van der Waals surface area contributed by atoms with Crippen LogP contribution in [0.2, 0.25) is 0 Å². The van der Waals surface area contributed by atoms with E-state index in [1.165, 1.54) is 25.4 Å². The Morgan fingerprint density at radius 1 is 1.20 bits per heavy atom. The van der Waals surface area contributed by atoms with Gasteiger partial charge in [0, 0.05) is 5.41 Å². The SMILES string of the molecule is C=COC(OC=C)C(C)(CC)CCCC. The summed E-state index contributed by atoms with van der Waals surface area (Å²) >= 11 is 0. The molecule has 0 aromatic heterocycles. The Morgan fingerprint density at radius 2 is 1.73 bits per heavy atom. The van der Waals surface area contributed by atoms with E-state index in [1.54, 1.807) is 0 Å². The Morgan fingerprint density at radius 3 is 2.07 bits per heavy atom. The normalized spacial score (nSPS) is 14.4. The molecular weight excluding hydrogens is 188 g/mol. The summed E-state index contributed by atoms with van der Waals surface area (Å²) in [6.07, 6.45) is 7.07. The van der Waals surface area contributed by atoms with E-state index in [0.29, 0.717) is 0 Å². The molecule has 0 aromatic rings. The van der Waals surface area contributed by atoms with Gasteiger partial charge in [0.15, 0.2) is 0 Å². The molecule has 0 amide bonds. The van der Waals surface area contributed by atoms with Crippen LogP contribution in [0.4, 0.5) is 0 Å².